The summed E-state index contributed by atoms with van der Waals surface area (Å²) in [5, 5.41) is 9.20. The summed E-state index contributed by atoms with van der Waals surface area (Å²) in [6.07, 6.45) is 10.6. The summed E-state index contributed by atoms with van der Waals surface area (Å²) in [6.45, 7) is 10.5. The highest BCUT2D eigenvalue weighted by molar-refractivity contribution is 9.10. The van der Waals surface area contributed by atoms with Gasteiger partial charge in [0.15, 0.2) is 0 Å². The minimum absolute atomic E-state index is 0.503. The number of rotatable bonds is 7. The van der Waals surface area contributed by atoms with E-state index in [1.165, 1.54) is 22.5 Å². The molecule has 3 aromatic heterocycles. The van der Waals surface area contributed by atoms with Crippen LogP contribution in [-0.4, -0.2) is 47.1 Å². The first kappa shape index (κ1) is 20.8. The van der Waals surface area contributed by atoms with Gasteiger partial charge in [0.05, 0.1) is 17.9 Å². The Morgan fingerprint density at radius 3 is 2.76 bits per heavy atom. The predicted octanol–water partition coefficient (Wildman–Crippen LogP) is 4.90. The summed E-state index contributed by atoms with van der Waals surface area (Å²) < 4.78 is 11.0. The molecule has 6 nitrogen and oxygen atoms in total. The second-order valence-corrected chi connectivity index (χ2v) is 15.5. The minimum atomic E-state index is -1.06. The molecule has 1 fully saturated rings. The van der Waals surface area contributed by atoms with E-state index in [9.17, 15) is 0 Å². The van der Waals surface area contributed by atoms with Crippen molar-refractivity contribution in [2.75, 3.05) is 19.7 Å². The molecule has 0 amide bonds. The summed E-state index contributed by atoms with van der Waals surface area (Å²) in [6, 6.07) is 3.80. The summed E-state index contributed by atoms with van der Waals surface area (Å²) in [4.78, 5) is 4.49. The monoisotopic (exact) mass is 475 g/mol. The maximum atomic E-state index is 5.86. The van der Waals surface area contributed by atoms with Crippen LogP contribution in [0.4, 0.5) is 0 Å². The van der Waals surface area contributed by atoms with Crippen LogP contribution in [0.3, 0.4) is 0 Å². The molecule has 8 heteroatoms. The zero-order valence-corrected chi connectivity index (χ0v) is 20.1. The van der Waals surface area contributed by atoms with Crippen LogP contribution in [0.1, 0.15) is 18.9 Å². The molecule has 0 bridgehead atoms. The Labute approximate surface area is 181 Å². The Balaban J connectivity index is 1.57. The predicted molar refractivity (Wildman–Crippen MR) is 124 cm³/mol. The SMILES string of the molecule is C[Si](C)(C)CCOCn1cc(-c2cn(C3CCNCC3)c3cnc(Br)cc23)cn1. The highest BCUT2D eigenvalue weighted by Crippen LogP contribution is 2.35. The lowest BCUT2D eigenvalue weighted by Gasteiger charge is -2.25. The van der Waals surface area contributed by atoms with Crippen LogP contribution in [0.25, 0.3) is 22.0 Å². The Hall–Kier alpha value is -1.48. The lowest BCUT2D eigenvalue weighted by atomic mass is 10.1. The summed E-state index contributed by atoms with van der Waals surface area (Å²) >= 11 is 3.54. The molecule has 1 saturated heterocycles. The number of halogens is 1. The van der Waals surface area contributed by atoms with Crippen molar-refractivity contribution in [3.8, 4) is 11.1 Å². The zero-order chi connectivity index (χ0) is 20.4. The number of hydrogen-bond donors (Lipinski definition) is 1. The molecule has 0 unspecified atom stereocenters. The van der Waals surface area contributed by atoms with Crippen molar-refractivity contribution in [3.63, 3.8) is 0 Å². The molecular weight excluding hydrogens is 446 g/mol. The molecule has 0 radical (unpaired) electrons. The number of pyridine rings is 1. The van der Waals surface area contributed by atoms with Crippen molar-refractivity contribution in [2.24, 2.45) is 0 Å². The molecule has 1 aliphatic rings. The Morgan fingerprint density at radius 2 is 2.00 bits per heavy atom. The smallest absolute Gasteiger partial charge is 0.139 e. The van der Waals surface area contributed by atoms with Crippen molar-refractivity contribution in [3.05, 3.63) is 35.5 Å². The van der Waals surface area contributed by atoms with Gasteiger partial charge < -0.3 is 14.6 Å². The van der Waals surface area contributed by atoms with E-state index in [2.05, 4.69) is 74.0 Å². The lowest BCUT2D eigenvalue weighted by Crippen LogP contribution is -2.29. The third-order valence-corrected chi connectivity index (χ3v) is 7.69. The maximum absolute atomic E-state index is 5.86. The van der Waals surface area contributed by atoms with Crippen LogP contribution in [-0.2, 0) is 11.5 Å². The molecule has 0 spiro atoms. The van der Waals surface area contributed by atoms with Crippen LogP contribution < -0.4 is 5.32 Å². The second-order valence-electron chi connectivity index (χ2n) is 9.07. The summed E-state index contributed by atoms with van der Waals surface area (Å²) in [5.74, 6) is 0. The molecule has 3 aromatic rings. The lowest BCUT2D eigenvalue weighted by molar-refractivity contribution is 0.0786. The van der Waals surface area contributed by atoms with E-state index in [0.717, 1.165) is 42.7 Å². The van der Waals surface area contributed by atoms with Crippen molar-refractivity contribution in [2.45, 2.75) is 51.3 Å². The number of nitrogens with zero attached hydrogens (tertiary/aromatic N) is 4. The van der Waals surface area contributed by atoms with Gasteiger partial charge in [-0.1, -0.05) is 19.6 Å². The summed E-state index contributed by atoms with van der Waals surface area (Å²) in [7, 11) is -1.06. The fraction of sp³-hybridized carbons (Fsp3) is 0.524. The van der Waals surface area contributed by atoms with Gasteiger partial charge in [-0.2, -0.15) is 5.10 Å². The quantitative estimate of drug-likeness (QED) is 0.300. The second kappa shape index (κ2) is 8.71. The average Bonchev–Trinajstić information content (AvgIpc) is 3.29. The van der Waals surface area contributed by atoms with Gasteiger partial charge >= 0.3 is 0 Å². The minimum Gasteiger partial charge on any atom is -0.360 e. The molecule has 1 N–H and O–H groups in total. The van der Waals surface area contributed by atoms with Gasteiger partial charge in [-0.25, -0.2) is 9.67 Å². The van der Waals surface area contributed by atoms with Crippen molar-refractivity contribution < 1.29 is 4.74 Å². The van der Waals surface area contributed by atoms with Gasteiger partial charge in [-0.3, -0.25) is 0 Å². The van der Waals surface area contributed by atoms with Crippen LogP contribution in [0.15, 0.2) is 35.5 Å². The molecule has 4 heterocycles. The Bertz CT molecular complexity index is 971. The number of fused-ring (bicyclic) bond motifs is 1. The highest BCUT2D eigenvalue weighted by Gasteiger charge is 2.20. The number of ether oxygens (including phenoxy) is 1. The normalized spacial score (nSPS) is 16.0. The molecule has 0 aromatic carbocycles. The van der Waals surface area contributed by atoms with E-state index in [-0.39, 0.29) is 0 Å². The topological polar surface area (TPSA) is 56.9 Å². The molecule has 1 aliphatic heterocycles. The van der Waals surface area contributed by atoms with Gasteiger partial charge in [0.1, 0.15) is 11.3 Å². The van der Waals surface area contributed by atoms with Crippen LogP contribution in [0.5, 0.6) is 0 Å². The molecule has 0 saturated carbocycles. The third-order valence-electron chi connectivity index (χ3n) is 5.55. The van der Waals surface area contributed by atoms with E-state index in [4.69, 9.17) is 4.74 Å². The fourth-order valence-electron chi connectivity index (χ4n) is 3.85. The molecule has 156 valence electrons. The molecule has 0 aliphatic carbocycles. The van der Waals surface area contributed by atoms with Crippen molar-refractivity contribution >= 4 is 34.9 Å². The van der Waals surface area contributed by atoms with Gasteiger partial charge in [-0.15, -0.1) is 0 Å². The first-order chi connectivity index (χ1) is 13.9. The van der Waals surface area contributed by atoms with Crippen LogP contribution in [0.2, 0.25) is 25.7 Å². The van der Waals surface area contributed by atoms with Crippen LogP contribution >= 0.6 is 15.9 Å². The molecule has 4 rings (SSSR count). The molecular formula is C21H30BrN5OSi. The Morgan fingerprint density at radius 1 is 1.21 bits per heavy atom. The fourth-order valence-corrected chi connectivity index (χ4v) is 4.94. The maximum Gasteiger partial charge on any atom is 0.139 e. The van der Waals surface area contributed by atoms with E-state index in [1.54, 1.807) is 0 Å². The third kappa shape index (κ3) is 4.99. The van der Waals surface area contributed by atoms with Gasteiger partial charge in [0, 0.05) is 49.6 Å². The van der Waals surface area contributed by atoms with Gasteiger partial charge in [-0.05, 0) is 54.0 Å². The first-order valence-corrected chi connectivity index (χ1v) is 14.9. The highest BCUT2D eigenvalue weighted by atomic mass is 79.9. The molecule has 29 heavy (non-hydrogen) atoms. The zero-order valence-electron chi connectivity index (χ0n) is 17.5. The standard InChI is InChI=1S/C21H30BrN5OSi/c1-29(2,3)9-8-28-15-26-13-16(11-25-26)19-14-27(17-4-6-23-7-5-17)20-12-24-21(22)10-18(19)20/h10-14,17,23H,4-9,15H2,1-3H3. The average molecular weight is 476 g/mol. The number of nitrogens with one attached hydrogen (secondary N) is 1. The first-order valence-electron chi connectivity index (χ1n) is 10.4. The van der Waals surface area contributed by atoms with E-state index >= 15 is 0 Å². The van der Waals surface area contributed by atoms with Gasteiger partial charge in [0.25, 0.3) is 0 Å². The van der Waals surface area contributed by atoms with Crippen LogP contribution in [0, 0.1) is 0 Å². The molecule has 0 atom stereocenters. The van der Waals surface area contributed by atoms with Crippen molar-refractivity contribution in [1.82, 2.24) is 24.6 Å². The van der Waals surface area contributed by atoms with E-state index < -0.39 is 8.07 Å². The number of piperidine rings is 1. The largest absolute Gasteiger partial charge is 0.360 e. The van der Waals surface area contributed by atoms with Gasteiger partial charge in [0.2, 0.25) is 0 Å². The van der Waals surface area contributed by atoms with E-state index in [1.807, 2.05) is 17.1 Å². The Kier molecular flexibility index (Phi) is 6.24. The van der Waals surface area contributed by atoms with Crippen molar-refractivity contribution in [1.29, 1.82) is 0 Å². The number of hydrogen-bond acceptors (Lipinski definition) is 4. The van der Waals surface area contributed by atoms with E-state index in [0.29, 0.717) is 12.8 Å². The summed E-state index contributed by atoms with van der Waals surface area (Å²) in [5.41, 5.74) is 3.51. The number of aromatic nitrogens is 4.